The fraction of sp³-hybridized carbons (Fsp3) is 0.412. The molecule has 0 aliphatic heterocycles. The van der Waals surface area contributed by atoms with Gasteiger partial charge >= 0.3 is 0 Å². The van der Waals surface area contributed by atoms with Crippen LogP contribution in [0.1, 0.15) is 32.6 Å². The predicted octanol–water partition coefficient (Wildman–Crippen LogP) is 5.38. The van der Waals surface area contributed by atoms with E-state index in [0.29, 0.717) is 23.0 Å². The number of unbranched alkanes of at least 4 members (excludes halogenated alkanes) is 1. The van der Waals surface area contributed by atoms with Crippen molar-refractivity contribution in [1.82, 2.24) is 0 Å². The Morgan fingerprint density at radius 2 is 2.18 bits per heavy atom. The lowest BCUT2D eigenvalue weighted by Crippen LogP contribution is -2.02. The molecule has 22 heavy (non-hydrogen) atoms. The van der Waals surface area contributed by atoms with Crippen LogP contribution < -0.4 is 0 Å². The maximum atomic E-state index is 10.1. The quantitative estimate of drug-likeness (QED) is 0.266. The van der Waals surface area contributed by atoms with Gasteiger partial charge in [0.1, 0.15) is 5.58 Å². The lowest BCUT2D eigenvalue weighted by molar-refractivity contribution is -0.128. The van der Waals surface area contributed by atoms with E-state index in [4.69, 9.17) is 21.4 Å². The van der Waals surface area contributed by atoms with E-state index < -0.39 is 0 Å². The predicted molar refractivity (Wildman–Crippen MR) is 92.9 cm³/mol. The molecule has 0 N–H and O–H groups in total. The number of carbonyl (C=O) groups is 1. The van der Waals surface area contributed by atoms with Crippen molar-refractivity contribution in [2.24, 2.45) is 0 Å². The summed E-state index contributed by atoms with van der Waals surface area (Å²) in [7, 11) is 0. The van der Waals surface area contributed by atoms with Gasteiger partial charge in [0, 0.05) is 21.6 Å². The molecule has 1 aromatic carbocycles. The molecule has 0 saturated heterocycles. The Hall–Kier alpha value is -1.33. The Morgan fingerprint density at radius 3 is 2.95 bits per heavy atom. The van der Waals surface area contributed by atoms with E-state index in [1.54, 1.807) is 0 Å². The molecule has 0 saturated carbocycles. The third-order valence-corrected chi connectivity index (χ3v) is 5.16. The van der Waals surface area contributed by atoms with Gasteiger partial charge < -0.3 is 9.15 Å². The highest BCUT2D eigenvalue weighted by molar-refractivity contribution is 8.00. The normalized spacial score (nSPS) is 12.2. The minimum absolute atomic E-state index is 0.508. The van der Waals surface area contributed by atoms with E-state index >= 15 is 0 Å². The summed E-state index contributed by atoms with van der Waals surface area (Å²) < 4.78 is 10.8. The van der Waals surface area contributed by atoms with Crippen molar-refractivity contribution in [2.45, 2.75) is 42.8 Å². The first-order chi connectivity index (χ1) is 10.7. The van der Waals surface area contributed by atoms with E-state index in [2.05, 4.69) is 13.0 Å². The van der Waals surface area contributed by atoms with Crippen LogP contribution in [0.5, 0.6) is 0 Å². The molecule has 0 spiro atoms. The number of hydrogen-bond acceptors (Lipinski definition) is 5. The Morgan fingerprint density at radius 1 is 1.36 bits per heavy atom. The van der Waals surface area contributed by atoms with Crippen molar-refractivity contribution >= 4 is 41.4 Å². The third kappa shape index (κ3) is 4.85. The SMILES string of the molecule is CCC(CCCCOC=O)Sc1cc(=S)oc2ccccc12. The maximum Gasteiger partial charge on any atom is 0.293 e. The molecule has 0 bridgehead atoms. The van der Waals surface area contributed by atoms with E-state index in [9.17, 15) is 4.79 Å². The summed E-state index contributed by atoms with van der Waals surface area (Å²) in [5.41, 5.74) is 0.840. The number of hydrogen-bond donors (Lipinski definition) is 0. The molecule has 3 nitrogen and oxygen atoms in total. The van der Waals surface area contributed by atoms with Gasteiger partial charge in [-0.1, -0.05) is 25.1 Å². The van der Waals surface area contributed by atoms with Crippen LogP contribution in [0.2, 0.25) is 0 Å². The molecule has 118 valence electrons. The Labute approximate surface area is 140 Å². The maximum absolute atomic E-state index is 10.1. The van der Waals surface area contributed by atoms with Gasteiger partial charge in [0.25, 0.3) is 6.47 Å². The molecular formula is C17H20O3S2. The van der Waals surface area contributed by atoms with Crippen LogP contribution in [0.3, 0.4) is 0 Å². The van der Waals surface area contributed by atoms with Crippen LogP contribution in [-0.4, -0.2) is 18.3 Å². The zero-order valence-corrected chi connectivity index (χ0v) is 14.3. The molecule has 1 atom stereocenters. The Bertz CT molecular complexity index is 666. The van der Waals surface area contributed by atoms with E-state index in [1.165, 1.54) is 4.90 Å². The summed E-state index contributed by atoms with van der Waals surface area (Å²) >= 11 is 7.08. The molecular weight excluding hydrogens is 316 g/mol. The standard InChI is InChI=1S/C17H20O3S2/c1-2-13(7-5-6-10-19-12-18)22-16-11-17(21)20-15-9-4-3-8-14(15)16/h3-4,8-9,11-13H,2,5-7,10H2,1H3. The first-order valence-corrected chi connectivity index (χ1v) is 8.78. The molecule has 0 fully saturated rings. The second kappa shape index (κ2) is 8.96. The number of thioether (sulfide) groups is 1. The summed E-state index contributed by atoms with van der Waals surface area (Å²) in [4.78, 5) is 11.3. The van der Waals surface area contributed by atoms with E-state index in [0.717, 1.165) is 36.7 Å². The van der Waals surface area contributed by atoms with Crippen LogP contribution >= 0.6 is 24.0 Å². The topological polar surface area (TPSA) is 39.4 Å². The van der Waals surface area contributed by atoms with Crippen LogP contribution in [0, 0.1) is 4.71 Å². The number of para-hydroxylation sites is 1. The smallest absolute Gasteiger partial charge is 0.293 e. The number of carbonyl (C=O) groups excluding carboxylic acids is 1. The molecule has 1 heterocycles. The zero-order valence-electron chi connectivity index (χ0n) is 12.6. The molecule has 0 aliphatic carbocycles. The molecule has 0 amide bonds. The van der Waals surface area contributed by atoms with Gasteiger partial charge in [-0.05, 0) is 44.0 Å². The first-order valence-electron chi connectivity index (χ1n) is 7.49. The molecule has 1 aromatic heterocycles. The van der Waals surface area contributed by atoms with E-state index in [-0.39, 0.29) is 0 Å². The largest absolute Gasteiger partial charge is 0.468 e. The summed E-state index contributed by atoms with van der Waals surface area (Å²) in [6.45, 7) is 3.22. The molecule has 1 unspecified atom stereocenters. The third-order valence-electron chi connectivity index (χ3n) is 3.47. The van der Waals surface area contributed by atoms with Crippen molar-refractivity contribution in [1.29, 1.82) is 0 Å². The highest BCUT2D eigenvalue weighted by Gasteiger charge is 2.11. The highest BCUT2D eigenvalue weighted by Crippen LogP contribution is 2.34. The fourth-order valence-electron chi connectivity index (χ4n) is 2.31. The minimum Gasteiger partial charge on any atom is -0.468 e. The van der Waals surface area contributed by atoms with Gasteiger partial charge in [-0.15, -0.1) is 11.8 Å². The number of fused-ring (bicyclic) bond motifs is 1. The van der Waals surface area contributed by atoms with Gasteiger partial charge in [0.15, 0.2) is 4.71 Å². The average molecular weight is 336 g/mol. The second-order valence-corrected chi connectivity index (χ2v) is 6.78. The van der Waals surface area contributed by atoms with Crippen molar-refractivity contribution in [3.8, 4) is 0 Å². The van der Waals surface area contributed by atoms with Gasteiger partial charge in [-0.3, -0.25) is 4.79 Å². The Kier molecular flexibility index (Phi) is 6.93. The Balaban J connectivity index is 2.04. The zero-order chi connectivity index (χ0) is 15.8. The van der Waals surface area contributed by atoms with Gasteiger partial charge in [0.05, 0.1) is 6.61 Å². The molecule has 0 radical (unpaired) electrons. The summed E-state index contributed by atoms with van der Waals surface area (Å²) in [5.74, 6) is 0. The highest BCUT2D eigenvalue weighted by atomic mass is 32.2. The summed E-state index contributed by atoms with van der Waals surface area (Å²) in [6, 6.07) is 9.94. The van der Waals surface area contributed by atoms with Crippen LogP contribution in [0.25, 0.3) is 11.0 Å². The summed E-state index contributed by atoms with van der Waals surface area (Å²) in [5, 5.41) is 1.64. The van der Waals surface area contributed by atoms with Crippen molar-refractivity contribution < 1.29 is 13.9 Å². The number of benzene rings is 1. The molecule has 2 rings (SSSR count). The second-order valence-electron chi connectivity index (χ2n) is 5.04. The lowest BCUT2D eigenvalue weighted by Gasteiger charge is -2.15. The lowest BCUT2D eigenvalue weighted by atomic mass is 10.1. The van der Waals surface area contributed by atoms with Crippen molar-refractivity contribution in [3.63, 3.8) is 0 Å². The average Bonchev–Trinajstić information content (AvgIpc) is 2.53. The van der Waals surface area contributed by atoms with Crippen molar-refractivity contribution in [3.05, 3.63) is 35.0 Å². The fourth-order valence-corrected chi connectivity index (χ4v) is 3.87. The summed E-state index contributed by atoms with van der Waals surface area (Å²) in [6.07, 6.45) is 4.14. The van der Waals surface area contributed by atoms with E-state index in [1.807, 2.05) is 36.0 Å². The molecule has 0 aliphatic rings. The van der Waals surface area contributed by atoms with Crippen LogP contribution in [0.4, 0.5) is 0 Å². The monoisotopic (exact) mass is 336 g/mol. The van der Waals surface area contributed by atoms with Crippen LogP contribution in [0.15, 0.2) is 39.6 Å². The van der Waals surface area contributed by atoms with Gasteiger partial charge in [-0.25, -0.2) is 0 Å². The number of ether oxygens (including phenoxy) is 1. The van der Waals surface area contributed by atoms with Crippen LogP contribution in [-0.2, 0) is 9.53 Å². The molecule has 5 heteroatoms. The number of rotatable bonds is 9. The first kappa shape index (κ1) is 17.0. The minimum atomic E-state index is 0.508. The van der Waals surface area contributed by atoms with Gasteiger partial charge in [-0.2, -0.15) is 0 Å². The van der Waals surface area contributed by atoms with Crippen molar-refractivity contribution in [2.75, 3.05) is 6.61 Å². The molecule has 2 aromatic rings. The van der Waals surface area contributed by atoms with Gasteiger partial charge in [0.2, 0.25) is 0 Å².